The number of esters is 1. The van der Waals surface area contributed by atoms with Crippen molar-refractivity contribution >= 4 is 17.8 Å². The lowest BCUT2D eigenvalue weighted by atomic mass is 10.1. The van der Waals surface area contributed by atoms with E-state index in [-0.39, 0.29) is 0 Å². The zero-order valence-electron chi connectivity index (χ0n) is 13.8. The highest BCUT2D eigenvalue weighted by atomic mass is 19.4. The summed E-state index contributed by atoms with van der Waals surface area (Å²) in [5.74, 6) is -2.48. The van der Waals surface area contributed by atoms with Crippen molar-refractivity contribution in [3.8, 4) is 0 Å². The summed E-state index contributed by atoms with van der Waals surface area (Å²) in [5.41, 5.74) is -1.83. The van der Waals surface area contributed by atoms with E-state index in [1.54, 1.807) is 0 Å². The third-order valence-electron chi connectivity index (χ3n) is 3.11. The Morgan fingerprint density at radius 2 is 1.84 bits per heavy atom. The molecule has 0 radical (unpaired) electrons. The maximum Gasteiger partial charge on any atom is 0.417 e. The maximum absolute atomic E-state index is 12.8. The van der Waals surface area contributed by atoms with Gasteiger partial charge in [-0.05, 0) is 25.5 Å². The fourth-order valence-electron chi connectivity index (χ4n) is 1.87. The van der Waals surface area contributed by atoms with E-state index in [9.17, 15) is 27.6 Å². The lowest BCUT2D eigenvalue weighted by molar-refractivity contribution is -0.138. The molecule has 1 aromatic carbocycles. The number of amides is 2. The Morgan fingerprint density at radius 1 is 1.20 bits per heavy atom. The first-order chi connectivity index (χ1) is 11.7. The number of carbonyl (C=O) groups excluding carboxylic acids is 3. The average molecular weight is 360 g/mol. The number of ether oxygens (including phenoxy) is 1. The Bertz CT molecular complexity index is 632. The third kappa shape index (κ3) is 6.44. The maximum atomic E-state index is 12.8. The van der Waals surface area contributed by atoms with E-state index in [1.165, 1.54) is 13.0 Å². The lowest BCUT2D eigenvalue weighted by Crippen LogP contribution is -2.46. The zero-order valence-corrected chi connectivity index (χ0v) is 13.8. The number of nitrogens with one attached hydrogen (secondary N) is 2. The number of halogens is 3. The molecule has 1 rings (SSSR count). The van der Waals surface area contributed by atoms with Crippen LogP contribution >= 0.6 is 0 Å². The summed E-state index contributed by atoms with van der Waals surface area (Å²) >= 11 is 0. The molecular formula is C16H19F3N2O4. The van der Waals surface area contributed by atoms with Crippen molar-refractivity contribution in [2.75, 3.05) is 13.2 Å². The van der Waals surface area contributed by atoms with Gasteiger partial charge in [-0.25, -0.2) is 4.79 Å². The van der Waals surface area contributed by atoms with E-state index in [2.05, 4.69) is 15.4 Å². The number of alkyl halides is 3. The largest absolute Gasteiger partial charge is 0.452 e. The monoisotopic (exact) mass is 360 g/mol. The third-order valence-corrected chi connectivity index (χ3v) is 3.11. The predicted octanol–water partition coefficient (Wildman–Crippen LogP) is 1.89. The van der Waals surface area contributed by atoms with E-state index >= 15 is 0 Å². The van der Waals surface area contributed by atoms with Crippen LogP contribution in [0.1, 0.15) is 36.2 Å². The molecule has 1 aromatic rings. The molecule has 6 nitrogen and oxygen atoms in total. The van der Waals surface area contributed by atoms with Crippen LogP contribution in [0.4, 0.5) is 13.2 Å². The number of hydrogen-bond donors (Lipinski definition) is 2. The fourth-order valence-corrected chi connectivity index (χ4v) is 1.87. The van der Waals surface area contributed by atoms with Crippen LogP contribution in [0.25, 0.3) is 0 Å². The van der Waals surface area contributed by atoms with Crippen molar-refractivity contribution in [1.29, 1.82) is 0 Å². The summed E-state index contributed by atoms with van der Waals surface area (Å²) in [6.45, 7) is 2.95. The van der Waals surface area contributed by atoms with Crippen LogP contribution < -0.4 is 10.6 Å². The summed E-state index contributed by atoms with van der Waals surface area (Å²) in [6.07, 6.45) is -3.99. The van der Waals surface area contributed by atoms with Gasteiger partial charge in [0, 0.05) is 6.54 Å². The van der Waals surface area contributed by atoms with Gasteiger partial charge < -0.3 is 15.4 Å². The van der Waals surface area contributed by atoms with Gasteiger partial charge in [0.05, 0.1) is 11.1 Å². The first-order valence-corrected chi connectivity index (χ1v) is 7.57. The van der Waals surface area contributed by atoms with E-state index in [1.807, 2.05) is 6.92 Å². The molecule has 0 aliphatic rings. The zero-order chi connectivity index (χ0) is 19.0. The highest BCUT2D eigenvalue weighted by Crippen LogP contribution is 2.32. The normalized spacial score (nSPS) is 12.2. The number of hydrogen-bond acceptors (Lipinski definition) is 4. The molecule has 0 unspecified atom stereocenters. The molecule has 2 amide bonds. The Labute approximate surface area is 142 Å². The summed E-state index contributed by atoms with van der Waals surface area (Å²) in [4.78, 5) is 35.0. The van der Waals surface area contributed by atoms with Gasteiger partial charge in [0.2, 0.25) is 5.91 Å². The van der Waals surface area contributed by atoms with Crippen LogP contribution in [0.15, 0.2) is 24.3 Å². The smallest absolute Gasteiger partial charge is 0.417 e. The highest BCUT2D eigenvalue weighted by molar-refractivity contribution is 5.93. The molecule has 0 aliphatic carbocycles. The van der Waals surface area contributed by atoms with Gasteiger partial charge in [0.25, 0.3) is 5.91 Å². The first kappa shape index (κ1) is 20.5. The van der Waals surface area contributed by atoms with Crippen LogP contribution in [0.3, 0.4) is 0 Å². The minimum Gasteiger partial charge on any atom is -0.452 e. The van der Waals surface area contributed by atoms with Crippen molar-refractivity contribution < 1.29 is 32.3 Å². The Kier molecular flexibility index (Phi) is 7.41. The molecule has 138 valence electrons. The van der Waals surface area contributed by atoms with Crippen molar-refractivity contribution in [1.82, 2.24) is 10.6 Å². The minimum absolute atomic E-state index is 0.413. The fraction of sp³-hybridized carbons (Fsp3) is 0.438. The van der Waals surface area contributed by atoms with Crippen LogP contribution in [0.2, 0.25) is 0 Å². The molecule has 1 atom stereocenters. The van der Waals surface area contributed by atoms with Crippen LogP contribution in [-0.2, 0) is 20.5 Å². The second-order valence-electron chi connectivity index (χ2n) is 5.20. The van der Waals surface area contributed by atoms with Gasteiger partial charge in [0.15, 0.2) is 6.61 Å². The van der Waals surface area contributed by atoms with Crippen molar-refractivity contribution in [3.63, 3.8) is 0 Å². The van der Waals surface area contributed by atoms with Crippen LogP contribution in [0.5, 0.6) is 0 Å². The number of carbonyl (C=O) groups is 3. The van der Waals surface area contributed by atoms with Gasteiger partial charge in [-0.3, -0.25) is 9.59 Å². The number of benzene rings is 1. The summed E-state index contributed by atoms with van der Waals surface area (Å²) in [6, 6.07) is 3.25. The molecule has 0 aliphatic heterocycles. The molecule has 0 saturated carbocycles. The minimum atomic E-state index is -4.72. The summed E-state index contributed by atoms with van der Waals surface area (Å²) < 4.78 is 43.1. The second kappa shape index (κ2) is 9.05. The Balaban J connectivity index is 2.60. The summed E-state index contributed by atoms with van der Waals surface area (Å²) in [7, 11) is 0. The second-order valence-corrected chi connectivity index (χ2v) is 5.20. The van der Waals surface area contributed by atoms with Gasteiger partial charge in [-0.15, -0.1) is 0 Å². The molecule has 0 bridgehead atoms. The molecule has 0 fully saturated rings. The van der Waals surface area contributed by atoms with Gasteiger partial charge in [0.1, 0.15) is 6.04 Å². The topological polar surface area (TPSA) is 84.5 Å². The lowest BCUT2D eigenvalue weighted by Gasteiger charge is -2.14. The molecule has 25 heavy (non-hydrogen) atoms. The first-order valence-electron chi connectivity index (χ1n) is 7.57. The van der Waals surface area contributed by atoms with E-state index in [0.717, 1.165) is 24.6 Å². The van der Waals surface area contributed by atoms with Gasteiger partial charge in [-0.1, -0.05) is 19.1 Å². The van der Waals surface area contributed by atoms with Crippen LogP contribution in [0, 0.1) is 0 Å². The molecule has 0 aromatic heterocycles. The van der Waals surface area contributed by atoms with Crippen molar-refractivity contribution in [2.24, 2.45) is 0 Å². The molecule has 0 spiro atoms. The average Bonchev–Trinajstić information content (AvgIpc) is 2.56. The molecule has 2 N–H and O–H groups in total. The van der Waals surface area contributed by atoms with Gasteiger partial charge >= 0.3 is 12.1 Å². The molecule has 0 heterocycles. The van der Waals surface area contributed by atoms with Gasteiger partial charge in [-0.2, -0.15) is 13.2 Å². The summed E-state index contributed by atoms with van der Waals surface area (Å²) in [5, 5.41) is 4.86. The standard InChI is InChI=1S/C16H19F3N2O4/c1-3-8-20-14(23)10(2)21-13(22)9-25-15(24)11-6-4-5-7-12(11)16(17,18)19/h4-7,10H,3,8-9H2,1-2H3,(H,20,23)(H,21,22)/t10-/m1/s1. The van der Waals surface area contributed by atoms with Crippen molar-refractivity contribution in [3.05, 3.63) is 35.4 Å². The van der Waals surface area contributed by atoms with Crippen LogP contribution in [-0.4, -0.2) is 37.0 Å². The molecule has 9 heteroatoms. The number of rotatable bonds is 7. The Morgan fingerprint density at radius 3 is 2.44 bits per heavy atom. The SMILES string of the molecule is CCCNC(=O)[C@@H](C)NC(=O)COC(=O)c1ccccc1C(F)(F)F. The predicted molar refractivity (Wildman–Crippen MR) is 82.6 cm³/mol. The van der Waals surface area contributed by atoms with E-state index in [0.29, 0.717) is 6.54 Å². The molecular weight excluding hydrogens is 341 g/mol. The quantitative estimate of drug-likeness (QED) is 0.728. The molecule has 0 saturated heterocycles. The van der Waals surface area contributed by atoms with E-state index in [4.69, 9.17) is 0 Å². The highest BCUT2D eigenvalue weighted by Gasteiger charge is 2.35. The Hall–Kier alpha value is -2.58. The van der Waals surface area contributed by atoms with Crippen molar-refractivity contribution in [2.45, 2.75) is 32.5 Å². The van der Waals surface area contributed by atoms with E-state index < -0.39 is 47.7 Å².